The van der Waals surface area contributed by atoms with Crippen LogP contribution in [-0.2, 0) is 0 Å². The Balaban J connectivity index is 2.36. The van der Waals surface area contributed by atoms with Crippen LogP contribution in [0, 0.1) is 5.92 Å². The van der Waals surface area contributed by atoms with E-state index in [1.54, 1.807) is 0 Å². The molecule has 1 aliphatic rings. The van der Waals surface area contributed by atoms with Crippen molar-refractivity contribution in [2.24, 2.45) is 5.92 Å². The van der Waals surface area contributed by atoms with Crippen molar-refractivity contribution < 1.29 is 5.11 Å². The Bertz CT molecular complexity index is 137. The zero-order valence-electron chi connectivity index (χ0n) is 8.79. The Morgan fingerprint density at radius 3 is 2.92 bits per heavy atom. The van der Waals surface area contributed by atoms with E-state index in [4.69, 9.17) is 5.11 Å². The van der Waals surface area contributed by atoms with Gasteiger partial charge in [0.1, 0.15) is 0 Å². The molecule has 1 fully saturated rings. The second-order valence-electron chi connectivity index (χ2n) is 4.26. The van der Waals surface area contributed by atoms with Crippen LogP contribution >= 0.6 is 0 Å². The molecule has 0 aromatic rings. The lowest BCUT2D eigenvalue weighted by Gasteiger charge is -2.37. The summed E-state index contributed by atoms with van der Waals surface area (Å²) in [7, 11) is 0. The highest BCUT2D eigenvalue weighted by Gasteiger charge is 2.21. The molecule has 0 spiro atoms. The van der Waals surface area contributed by atoms with Gasteiger partial charge in [0.05, 0.1) is 0 Å². The molecule has 78 valence electrons. The van der Waals surface area contributed by atoms with Crippen molar-refractivity contribution in [3.05, 3.63) is 0 Å². The summed E-state index contributed by atoms with van der Waals surface area (Å²) in [5.41, 5.74) is 0. The summed E-state index contributed by atoms with van der Waals surface area (Å²) in [4.78, 5) is 2.50. The van der Waals surface area contributed by atoms with Crippen LogP contribution < -0.4 is 5.32 Å². The van der Waals surface area contributed by atoms with Crippen molar-refractivity contribution in [3.63, 3.8) is 0 Å². The highest BCUT2D eigenvalue weighted by atomic mass is 16.3. The minimum absolute atomic E-state index is 0.306. The number of aliphatic hydroxyl groups excluding tert-OH is 1. The van der Waals surface area contributed by atoms with Gasteiger partial charge in [-0.3, -0.25) is 4.90 Å². The molecule has 0 amide bonds. The number of nitrogens with one attached hydrogen (secondary N) is 1. The van der Waals surface area contributed by atoms with Crippen molar-refractivity contribution in [1.29, 1.82) is 0 Å². The second-order valence-corrected chi connectivity index (χ2v) is 4.26. The molecule has 1 unspecified atom stereocenters. The number of nitrogens with zero attached hydrogens (tertiary/aromatic N) is 1. The van der Waals surface area contributed by atoms with E-state index in [1.165, 1.54) is 0 Å². The first-order chi connectivity index (χ1) is 6.24. The minimum atomic E-state index is 0.306. The van der Waals surface area contributed by atoms with Gasteiger partial charge in [-0.1, -0.05) is 13.8 Å². The van der Waals surface area contributed by atoms with Crippen molar-refractivity contribution in [2.45, 2.75) is 26.3 Å². The van der Waals surface area contributed by atoms with E-state index in [0.717, 1.165) is 38.5 Å². The van der Waals surface area contributed by atoms with Gasteiger partial charge in [0.25, 0.3) is 0 Å². The number of rotatable bonds is 4. The van der Waals surface area contributed by atoms with Gasteiger partial charge < -0.3 is 10.4 Å². The van der Waals surface area contributed by atoms with Crippen LogP contribution in [0.4, 0.5) is 0 Å². The molecule has 0 aromatic heterocycles. The lowest BCUT2D eigenvalue weighted by atomic mass is 10.1. The van der Waals surface area contributed by atoms with Crippen molar-refractivity contribution in [3.8, 4) is 0 Å². The molecule has 3 nitrogen and oxygen atoms in total. The third-order valence-corrected chi connectivity index (χ3v) is 2.53. The van der Waals surface area contributed by atoms with E-state index in [1.807, 2.05) is 0 Å². The zero-order chi connectivity index (χ0) is 9.68. The van der Waals surface area contributed by atoms with Gasteiger partial charge in [-0.05, 0) is 12.3 Å². The van der Waals surface area contributed by atoms with Crippen LogP contribution in [0.1, 0.15) is 20.3 Å². The molecule has 0 radical (unpaired) electrons. The first-order valence-electron chi connectivity index (χ1n) is 5.29. The van der Waals surface area contributed by atoms with Gasteiger partial charge in [0.15, 0.2) is 0 Å². The third kappa shape index (κ3) is 3.63. The molecular formula is C10H22N2O. The van der Waals surface area contributed by atoms with Crippen molar-refractivity contribution in [2.75, 3.05) is 32.8 Å². The summed E-state index contributed by atoms with van der Waals surface area (Å²) in [6.07, 6.45) is 0.903. The number of hydrogen-bond donors (Lipinski definition) is 2. The molecule has 1 aliphatic heterocycles. The Morgan fingerprint density at radius 1 is 1.54 bits per heavy atom. The van der Waals surface area contributed by atoms with Gasteiger partial charge >= 0.3 is 0 Å². The predicted octanol–water partition coefficient (Wildman–Crippen LogP) is 0.299. The lowest BCUT2D eigenvalue weighted by molar-refractivity contribution is 0.118. The number of aliphatic hydroxyl groups is 1. The van der Waals surface area contributed by atoms with E-state index in [2.05, 4.69) is 24.1 Å². The van der Waals surface area contributed by atoms with Gasteiger partial charge in [0.2, 0.25) is 0 Å². The Hall–Kier alpha value is -0.120. The molecule has 0 saturated carbocycles. The van der Waals surface area contributed by atoms with E-state index in [0.29, 0.717) is 12.6 Å². The van der Waals surface area contributed by atoms with E-state index >= 15 is 0 Å². The first kappa shape index (κ1) is 11.0. The molecule has 1 saturated heterocycles. The van der Waals surface area contributed by atoms with Crippen LogP contribution in [0.2, 0.25) is 0 Å². The molecular weight excluding hydrogens is 164 g/mol. The fraction of sp³-hybridized carbons (Fsp3) is 1.00. The van der Waals surface area contributed by atoms with Crippen LogP contribution in [0.3, 0.4) is 0 Å². The monoisotopic (exact) mass is 186 g/mol. The maximum absolute atomic E-state index is 8.92. The van der Waals surface area contributed by atoms with Gasteiger partial charge in [-0.25, -0.2) is 0 Å². The SMILES string of the molecule is CC(C)CN1CCNCC1CCO. The van der Waals surface area contributed by atoms with E-state index in [9.17, 15) is 0 Å². The average Bonchev–Trinajstić information content (AvgIpc) is 2.08. The molecule has 3 heteroatoms. The molecule has 0 aromatic carbocycles. The fourth-order valence-corrected chi connectivity index (χ4v) is 1.95. The van der Waals surface area contributed by atoms with E-state index in [-0.39, 0.29) is 0 Å². The zero-order valence-corrected chi connectivity index (χ0v) is 8.79. The lowest BCUT2D eigenvalue weighted by Crippen LogP contribution is -2.52. The Labute approximate surface area is 81.1 Å². The molecule has 2 N–H and O–H groups in total. The van der Waals surface area contributed by atoms with Crippen LogP contribution in [-0.4, -0.2) is 48.8 Å². The average molecular weight is 186 g/mol. The standard InChI is InChI=1S/C10H22N2O/c1-9(2)8-12-5-4-11-7-10(12)3-6-13/h9-11,13H,3-8H2,1-2H3. The highest BCUT2D eigenvalue weighted by Crippen LogP contribution is 2.09. The maximum Gasteiger partial charge on any atom is 0.0446 e. The maximum atomic E-state index is 8.92. The molecule has 1 rings (SSSR count). The summed E-state index contributed by atoms with van der Waals surface area (Å²) in [5, 5.41) is 12.3. The normalized spacial score (nSPS) is 25.4. The van der Waals surface area contributed by atoms with Gasteiger partial charge in [-0.2, -0.15) is 0 Å². The highest BCUT2D eigenvalue weighted by molar-refractivity contribution is 4.79. The summed E-state index contributed by atoms with van der Waals surface area (Å²) < 4.78 is 0. The number of hydrogen-bond acceptors (Lipinski definition) is 3. The Morgan fingerprint density at radius 2 is 2.31 bits per heavy atom. The molecule has 0 aliphatic carbocycles. The molecule has 0 bridgehead atoms. The first-order valence-corrected chi connectivity index (χ1v) is 5.29. The number of piperazine rings is 1. The fourth-order valence-electron chi connectivity index (χ4n) is 1.95. The topological polar surface area (TPSA) is 35.5 Å². The van der Waals surface area contributed by atoms with Crippen LogP contribution in [0.25, 0.3) is 0 Å². The summed E-state index contributed by atoms with van der Waals surface area (Å²) in [5.74, 6) is 0.722. The van der Waals surface area contributed by atoms with Crippen LogP contribution in [0.5, 0.6) is 0 Å². The van der Waals surface area contributed by atoms with Gasteiger partial charge in [0, 0.05) is 38.8 Å². The van der Waals surface area contributed by atoms with E-state index < -0.39 is 0 Å². The smallest absolute Gasteiger partial charge is 0.0446 e. The summed E-state index contributed by atoms with van der Waals surface area (Å²) >= 11 is 0. The van der Waals surface area contributed by atoms with Crippen molar-refractivity contribution in [1.82, 2.24) is 10.2 Å². The molecule has 1 heterocycles. The van der Waals surface area contributed by atoms with Gasteiger partial charge in [-0.15, -0.1) is 0 Å². The quantitative estimate of drug-likeness (QED) is 0.663. The second kappa shape index (κ2) is 5.58. The molecule has 1 atom stereocenters. The summed E-state index contributed by atoms with van der Waals surface area (Å²) in [6.45, 7) is 9.22. The summed E-state index contributed by atoms with van der Waals surface area (Å²) in [6, 6.07) is 0.543. The largest absolute Gasteiger partial charge is 0.396 e. The Kier molecular flexibility index (Phi) is 4.70. The predicted molar refractivity (Wildman–Crippen MR) is 54.8 cm³/mol. The van der Waals surface area contributed by atoms with Crippen molar-refractivity contribution >= 4 is 0 Å². The minimum Gasteiger partial charge on any atom is -0.396 e. The molecule has 13 heavy (non-hydrogen) atoms. The third-order valence-electron chi connectivity index (χ3n) is 2.53. The van der Waals surface area contributed by atoms with Crippen LogP contribution in [0.15, 0.2) is 0 Å².